The molecular weight excluding hydrogens is 306 g/mol. The SMILES string of the molecule is S=C1N[C@@H](c2ccccn2)[C@H](c2ccco2)N1c1ccccc1. The van der Waals surface area contributed by atoms with Crippen molar-refractivity contribution >= 4 is 23.0 Å². The number of hydrogen-bond donors (Lipinski definition) is 1. The van der Waals surface area contributed by atoms with Crippen LogP contribution >= 0.6 is 12.2 Å². The summed E-state index contributed by atoms with van der Waals surface area (Å²) in [5.74, 6) is 0.858. The highest BCUT2D eigenvalue weighted by atomic mass is 32.1. The van der Waals surface area contributed by atoms with Gasteiger partial charge >= 0.3 is 0 Å². The molecule has 23 heavy (non-hydrogen) atoms. The lowest BCUT2D eigenvalue weighted by Crippen LogP contribution is -2.29. The van der Waals surface area contributed by atoms with Crippen molar-refractivity contribution in [1.29, 1.82) is 0 Å². The van der Waals surface area contributed by atoms with E-state index in [1.165, 1.54) is 0 Å². The van der Waals surface area contributed by atoms with E-state index in [1.807, 2.05) is 60.7 Å². The van der Waals surface area contributed by atoms with Crippen LogP contribution in [0.15, 0.2) is 77.5 Å². The van der Waals surface area contributed by atoms with Crippen LogP contribution in [-0.4, -0.2) is 10.1 Å². The highest BCUT2D eigenvalue weighted by Gasteiger charge is 2.42. The molecule has 3 heterocycles. The van der Waals surface area contributed by atoms with Crippen LogP contribution < -0.4 is 10.2 Å². The molecular formula is C18H15N3OS. The summed E-state index contributed by atoms with van der Waals surface area (Å²) in [5, 5.41) is 4.07. The summed E-state index contributed by atoms with van der Waals surface area (Å²) >= 11 is 5.60. The molecule has 4 rings (SSSR count). The molecule has 2 aromatic heterocycles. The molecule has 0 spiro atoms. The maximum absolute atomic E-state index is 5.70. The smallest absolute Gasteiger partial charge is 0.174 e. The van der Waals surface area contributed by atoms with Crippen molar-refractivity contribution in [1.82, 2.24) is 10.3 Å². The van der Waals surface area contributed by atoms with Crippen molar-refractivity contribution < 1.29 is 4.42 Å². The van der Waals surface area contributed by atoms with Gasteiger partial charge in [0.2, 0.25) is 0 Å². The van der Waals surface area contributed by atoms with E-state index in [-0.39, 0.29) is 12.1 Å². The van der Waals surface area contributed by atoms with Gasteiger partial charge in [0.25, 0.3) is 0 Å². The predicted octanol–water partition coefficient (Wildman–Crippen LogP) is 3.85. The van der Waals surface area contributed by atoms with Crippen LogP contribution in [-0.2, 0) is 0 Å². The fourth-order valence-corrected chi connectivity index (χ4v) is 3.32. The van der Waals surface area contributed by atoms with Crippen molar-refractivity contribution in [3.05, 3.63) is 84.6 Å². The molecule has 0 radical (unpaired) electrons. The summed E-state index contributed by atoms with van der Waals surface area (Å²) in [6.07, 6.45) is 3.49. The highest BCUT2D eigenvalue weighted by molar-refractivity contribution is 7.80. The van der Waals surface area contributed by atoms with Crippen LogP contribution in [0, 0.1) is 0 Å². The van der Waals surface area contributed by atoms with Crippen LogP contribution in [0.1, 0.15) is 23.5 Å². The number of aromatic nitrogens is 1. The second-order valence-corrected chi connectivity index (χ2v) is 5.73. The standard InChI is InChI=1S/C18H15N3OS/c23-18-20-16(14-9-4-5-11-19-14)17(15-10-6-12-22-15)21(18)13-7-2-1-3-8-13/h1-12,16-17H,(H,20,23)/t16-,17-/m0/s1. The lowest BCUT2D eigenvalue weighted by Gasteiger charge is -2.25. The molecule has 0 saturated carbocycles. The van der Waals surface area contributed by atoms with E-state index in [2.05, 4.69) is 15.2 Å². The summed E-state index contributed by atoms with van der Waals surface area (Å²) < 4.78 is 5.70. The van der Waals surface area contributed by atoms with Gasteiger partial charge < -0.3 is 14.6 Å². The van der Waals surface area contributed by atoms with E-state index in [0.29, 0.717) is 5.11 Å². The normalized spacial score (nSPS) is 20.5. The minimum Gasteiger partial charge on any atom is -0.467 e. The summed E-state index contributed by atoms with van der Waals surface area (Å²) in [4.78, 5) is 6.58. The van der Waals surface area contributed by atoms with Crippen molar-refractivity contribution in [2.75, 3.05) is 4.90 Å². The number of furan rings is 1. The monoisotopic (exact) mass is 321 g/mol. The van der Waals surface area contributed by atoms with Gasteiger partial charge in [0, 0.05) is 11.9 Å². The molecule has 1 aliphatic heterocycles. The van der Waals surface area contributed by atoms with Crippen LogP contribution in [0.3, 0.4) is 0 Å². The van der Waals surface area contributed by atoms with Gasteiger partial charge in [-0.15, -0.1) is 0 Å². The Morgan fingerprint density at radius 2 is 1.83 bits per heavy atom. The number of anilines is 1. The highest BCUT2D eigenvalue weighted by Crippen LogP contribution is 2.41. The third kappa shape index (κ3) is 2.49. The number of para-hydroxylation sites is 1. The number of hydrogen-bond acceptors (Lipinski definition) is 3. The van der Waals surface area contributed by atoms with Crippen LogP contribution in [0.25, 0.3) is 0 Å². The number of benzene rings is 1. The number of pyridine rings is 1. The van der Waals surface area contributed by atoms with E-state index in [9.17, 15) is 0 Å². The number of thiocarbonyl (C=S) groups is 1. The van der Waals surface area contributed by atoms with E-state index >= 15 is 0 Å². The molecule has 4 nitrogen and oxygen atoms in total. The second-order valence-electron chi connectivity index (χ2n) is 5.35. The third-order valence-corrected chi connectivity index (χ3v) is 4.28. The Kier molecular flexibility index (Phi) is 3.55. The summed E-state index contributed by atoms with van der Waals surface area (Å²) in [6, 6.07) is 19.7. The molecule has 1 saturated heterocycles. The Balaban J connectivity index is 1.81. The molecule has 1 aliphatic rings. The molecule has 0 aliphatic carbocycles. The molecule has 1 fully saturated rings. The summed E-state index contributed by atoms with van der Waals surface area (Å²) in [5.41, 5.74) is 1.97. The fourth-order valence-electron chi connectivity index (χ4n) is 2.97. The zero-order chi connectivity index (χ0) is 15.6. The van der Waals surface area contributed by atoms with Crippen molar-refractivity contribution in [3.8, 4) is 0 Å². The first-order valence-electron chi connectivity index (χ1n) is 7.44. The van der Waals surface area contributed by atoms with E-state index < -0.39 is 0 Å². The topological polar surface area (TPSA) is 41.3 Å². The molecule has 2 atom stereocenters. The van der Waals surface area contributed by atoms with E-state index in [0.717, 1.165) is 17.1 Å². The average Bonchev–Trinajstić information content (AvgIpc) is 3.24. The van der Waals surface area contributed by atoms with Crippen LogP contribution in [0.5, 0.6) is 0 Å². The summed E-state index contributed by atoms with van der Waals surface area (Å²) in [6.45, 7) is 0. The Morgan fingerprint density at radius 1 is 1.00 bits per heavy atom. The Hall–Kier alpha value is -2.66. The Labute approximate surface area is 139 Å². The Bertz CT molecular complexity index is 790. The molecule has 0 unspecified atom stereocenters. The van der Waals surface area contributed by atoms with Gasteiger partial charge in [-0.1, -0.05) is 24.3 Å². The molecule has 0 amide bonds. The molecule has 1 aromatic carbocycles. The van der Waals surface area contributed by atoms with E-state index in [1.54, 1.807) is 12.5 Å². The molecule has 114 valence electrons. The largest absolute Gasteiger partial charge is 0.467 e. The average molecular weight is 321 g/mol. The minimum atomic E-state index is -0.0743. The molecule has 5 heteroatoms. The van der Waals surface area contributed by atoms with Gasteiger partial charge in [0.1, 0.15) is 11.8 Å². The molecule has 1 N–H and O–H groups in total. The number of nitrogens with one attached hydrogen (secondary N) is 1. The van der Waals surface area contributed by atoms with Gasteiger partial charge in [-0.2, -0.15) is 0 Å². The third-order valence-electron chi connectivity index (χ3n) is 3.97. The zero-order valence-corrected chi connectivity index (χ0v) is 13.1. The van der Waals surface area contributed by atoms with Gasteiger partial charge in [-0.05, 0) is 48.6 Å². The number of rotatable bonds is 3. The lowest BCUT2D eigenvalue weighted by atomic mass is 10.0. The predicted molar refractivity (Wildman–Crippen MR) is 93.1 cm³/mol. The quantitative estimate of drug-likeness (QED) is 0.742. The second kappa shape index (κ2) is 5.85. The Morgan fingerprint density at radius 3 is 2.52 bits per heavy atom. The van der Waals surface area contributed by atoms with Crippen molar-refractivity contribution in [2.24, 2.45) is 0 Å². The van der Waals surface area contributed by atoms with Crippen molar-refractivity contribution in [2.45, 2.75) is 12.1 Å². The lowest BCUT2D eigenvalue weighted by molar-refractivity contribution is 0.432. The first-order valence-corrected chi connectivity index (χ1v) is 7.84. The fraction of sp³-hybridized carbons (Fsp3) is 0.111. The van der Waals surface area contributed by atoms with Gasteiger partial charge in [-0.3, -0.25) is 4.98 Å². The maximum atomic E-state index is 5.70. The first kappa shape index (κ1) is 14.0. The summed E-state index contributed by atoms with van der Waals surface area (Å²) in [7, 11) is 0. The van der Waals surface area contributed by atoms with Gasteiger partial charge in [-0.25, -0.2) is 0 Å². The molecule has 0 bridgehead atoms. The van der Waals surface area contributed by atoms with Crippen LogP contribution in [0.2, 0.25) is 0 Å². The maximum Gasteiger partial charge on any atom is 0.174 e. The first-order chi connectivity index (χ1) is 11.3. The molecule has 3 aromatic rings. The van der Waals surface area contributed by atoms with Gasteiger partial charge in [0.05, 0.1) is 18.0 Å². The van der Waals surface area contributed by atoms with Gasteiger partial charge in [0.15, 0.2) is 5.11 Å². The zero-order valence-electron chi connectivity index (χ0n) is 12.3. The van der Waals surface area contributed by atoms with Crippen molar-refractivity contribution in [3.63, 3.8) is 0 Å². The number of nitrogens with zero attached hydrogens (tertiary/aromatic N) is 2. The van der Waals surface area contributed by atoms with E-state index in [4.69, 9.17) is 16.6 Å². The minimum absolute atomic E-state index is 0.0601. The van der Waals surface area contributed by atoms with Crippen LogP contribution in [0.4, 0.5) is 5.69 Å².